The standard InChI is InChI=1S/C18H24N4O3/c1-13-7-6-8-14(11-13)19-18(23)22-10-5-3-4-9-15(22)17-20-16(12-24-2)21-25-17/h6-8,11,15H,3-5,9-10,12H2,1-2H3,(H,19,23). The Morgan fingerprint density at radius 3 is 3.08 bits per heavy atom. The molecule has 25 heavy (non-hydrogen) atoms. The molecule has 134 valence electrons. The first-order chi connectivity index (χ1) is 12.2. The highest BCUT2D eigenvalue weighted by atomic mass is 16.5. The fraction of sp³-hybridized carbons (Fsp3) is 0.500. The van der Waals surface area contributed by atoms with Gasteiger partial charge in [0.2, 0.25) is 5.89 Å². The summed E-state index contributed by atoms with van der Waals surface area (Å²) < 4.78 is 10.4. The second-order valence-corrected chi connectivity index (χ2v) is 6.34. The Bertz CT molecular complexity index is 716. The summed E-state index contributed by atoms with van der Waals surface area (Å²) in [6, 6.07) is 7.43. The van der Waals surface area contributed by atoms with Crippen LogP contribution in [0.4, 0.5) is 10.5 Å². The van der Waals surface area contributed by atoms with Crippen LogP contribution in [-0.2, 0) is 11.3 Å². The van der Waals surface area contributed by atoms with Crippen molar-refractivity contribution in [3.63, 3.8) is 0 Å². The number of hydrogen-bond donors (Lipinski definition) is 1. The molecule has 1 aromatic heterocycles. The van der Waals surface area contributed by atoms with Crippen LogP contribution in [-0.4, -0.2) is 34.7 Å². The molecule has 1 aliphatic rings. The largest absolute Gasteiger partial charge is 0.377 e. The normalized spacial score (nSPS) is 18.0. The molecule has 0 saturated carbocycles. The molecule has 1 atom stereocenters. The third-order valence-corrected chi connectivity index (χ3v) is 4.33. The Hall–Kier alpha value is -2.41. The number of nitrogens with one attached hydrogen (secondary N) is 1. The monoisotopic (exact) mass is 344 g/mol. The number of nitrogens with zero attached hydrogens (tertiary/aromatic N) is 3. The van der Waals surface area contributed by atoms with Crippen LogP contribution in [0.1, 0.15) is 49.0 Å². The first-order valence-corrected chi connectivity index (χ1v) is 8.63. The van der Waals surface area contributed by atoms with E-state index >= 15 is 0 Å². The van der Waals surface area contributed by atoms with Crippen molar-refractivity contribution in [3.05, 3.63) is 41.5 Å². The van der Waals surface area contributed by atoms with Crippen molar-refractivity contribution < 1.29 is 14.1 Å². The van der Waals surface area contributed by atoms with Crippen molar-refractivity contribution >= 4 is 11.7 Å². The van der Waals surface area contributed by atoms with Crippen LogP contribution in [0.2, 0.25) is 0 Å². The van der Waals surface area contributed by atoms with E-state index in [-0.39, 0.29) is 12.1 Å². The smallest absolute Gasteiger partial charge is 0.322 e. The lowest BCUT2D eigenvalue weighted by molar-refractivity contribution is 0.168. The third-order valence-electron chi connectivity index (χ3n) is 4.33. The van der Waals surface area contributed by atoms with Crippen molar-refractivity contribution in [1.82, 2.24) is 15.0 Å². The molecule has 1 N–H and O–H groups in total. The van der Waals surface area contributed by atoms with Gasteiger partial charge in [-0.3, -0.25) is 0 Å². The number of carbonyl (C=O) groups excluding carboxylic acids is 1. The van der Waals surface area contributed by atoms with Gasteiger partial charge in [-0.25, -0.2) is 4.79 Å². The van der Waals surface area contributed by atoms with Gasteiger partial charge in [0.05, 0.1) is 0 Å². The van der Waals surface area contributed by atoms with Crippen LogP contribution < -0.4 is 5.32 Å². The molecule has 0 bridgehead atoms. The molecule has 1 aliphatic heterocycles. The predicted molar refractivity (Wildman–Crippen MR) is 93.1 cm³/mol. The average molecular weight is 344 g/mol. The van der Waals surface area contributed by atoms with Crippen LogP contribution in [0.5, 0.6) is 0 Å². The summed E-state index contributed by atoms with van der Waals surface area (Å²) in [4.78, 5) is 19.0. The van der Waals surface area contributed by atoms with Crippen molar-refractivity contribution in [2.45, 2.75) is 45.3 Å². The van der Waals surface area contributed by atoms with E-state index in [2.05, 4.69) is 15.5 Å². The maximum Gasteiger partial charge on any atom is 0.322 e. The zero-order valence-corrected chi connectivity index (χ0v) is 14.7. The zero-order valence-electron chi connectivity index (χ0n) is 14.7. The lowest BCUT2D eigenvalue weighted by Gasteiger charge is -2.27. The van der Waals surface area contributed by atoms with Gasteiger partial charge in [-0.2, -0.15) is 4.98 Å². The molecule has 3 rings (SSSR count). The van der Waals surface area contributed by atoms with E-state index in [0.29, 0.717) is 24.9 Å². The fourth-order valence-electron chi connectivity index (χ4n) is 3.12. The van der Waals surface area contributed by atoms with Crippen LogP contribution in [0.15, 0.2) is 28.8 Å². The third kappa shape index (κ3) is 4.36. The molecule has 1 aromatic carbocycles. The topological polar surface area (TPSA) is 80.5 Å². The number of hydrogen-bond acceptors (Lipinski definition) is 5. The maximum absolute atomic E-state index is 12.8. The van der Waals surface area contributed by atoms with Crippen LogP contribution in [0.25, 0.3) is 0 Å². The number of carbonyl (C=O) groups is 1. The molecule has 1 fully saturated rings. The summed E-state index contributed by atoms with van der Waals surface area (Å²) in [7, 11) is 1.59. The highest BCUT2D eigenvalue weighted by molar-refractivity contribution is 5.89. The number of methoxy groups -OCH3 is 1. The number of aromatic nitrogens is 2. The number of likely N-dealkylation sites (tertiary alicyclic amines) is 1. The van der Waals surface area contributed by atoms with Gasteiger partial charge in [-0.15, -0.1) is 0 Å². The molecule has 2 aromatic rings. The summed E-state index contributed by atoms with van der Waals surface area (Å²) in [6.45, 7) is 2.97. The van der Waals surface area contributed by atoms with Crippen molar-refractivity contribution in [2.24, 2.45) is 0 Å². The summed E-state index contributed by atoms with van der Waals surface area (Å²) in [5, 5.41) is 6.92. The second-order valence-electron chi connectivity index (χ2n) is 6.34. The van der Waals surface area contributed by atoms with E-state index in [1.165, 1.54) is 0 Å². The van der Waals surface area contributed by atoms with Crippen molar-refractivity contribution in [3.8, 4) is 0 Å². The van der Waals surface area contributed by atoms with E-state index in [0.717, 1.165) is 36.9 Å². The predicted octanol–water partition coefficient (Wildman–Crippen LogP) is 3.67. The Kier molecular flexibility index (Phi) is 5.65. The van der Waals surface area contributed by atoms with E-state index < -0.39 is 0 Å². The van der Waals surface area contributed by atoms with E-state index in [1.807, 2.05) is 31.2 Å². The minimum atomic E-state index is -0.203. The van der Waals surface area contributed by atoms with Gasteiger partial charge in [-0.05, 0) is 37.5 Å². The van der Waals surface area contributed by atoms with E-state index in [1.54, 1.807) is 12.0 Å². The van der Waals surface area contributed by atoms with Gasteiger partial charge < -0.3 is 19.5 Å². The first kappa shape index (κ1) is 17.4. The zero-order chi connectivity index (χ0) is 17.6. The molecule has 0 aliphatic carbocycles. The summed E-state index contributed by atoms with van der Waals surface area (Å²) in [5.74, 6) is 0.981. The molecule has 7 heteroatoms. The second kappa shape index (κ2) is 8.11. The van der Waals surface area contributed by atoms with Crippen LogP contribution in [0.3, 0.4) is 0 Å². The maximum atomic E-state index is 12.8. The summed E-state index contributed by atoms with van der Waals surface area (Å²) >= 11 is 0. The minimum absolute atomic E-state index is 0.135. The van der Waals surface area contributed by atoms with Crippen LogP contribution in [0, 0.1) is 6.92 Å². The van der Waals surface area contributed by atoms with Gasteiger partial charge in [0.1, 0.15) is 12.6 Å². The molecule has 1 unspecified atom stereocenters. The number of anilines is 1. The summed E-state index contributed by atoms with van der Waals surface area (Å²) in [6.07, 6.45) is 3.90. The molecule has 2 amide bonds. The van der Waals surface area contributed by atoms with E-state index in [9.17, 15) is 4.79 Å². The molecule has 0 radical (unpaired) electrons. The highest BCUT2D eigenvalue weighted by Crippen LogP contribution is 2.30. The van der Waals surface area contributed by atoms with E-state index in [4.69, 9.17) is 9.26 Å². The van der Waals surface area contributed by atoms with Crippen molar-refractivity contribution in [1.29, 1.82) is 0 Å². The highest BCUT2D eigenvalue weighted by Gasteiger charge is 2.31. The molecule has 7 nitrogen and oxygen atoms in total. The van der Waals surface area contributed by atoms with Gasteiger partial charge in [-0.1, -0.05) is 30.1 Å². The molecule has 0 spiro atoms. The minimum Gasteiger partial charge on any atom is -0.377 e. The Morgan fingerprint density at radius 1 is 1.40 bits per heavy atom. The molecule has 2 heterocycles. The lowest BCUT2D eigenvalue weighted by Crippen LogP contribution is -2.38. The molecular weight excluding hydrogens is 320 g/mol. The van der Waals surface area contributed by atoms with Crippen LogP contribution >= 0.6 is 0 Å². The SMILES string of the molecule is COCc1noc(C2CCCCCN2C(=O)Nc2cccc(C)c2)n1. The van der Waals surface area contributed by atoms with Crippen molar-refractivity contribution in [2.75, 3.05) is 19.0 Å². The van der Waals surface area contributed by atoms with Gasteiger partial charge >= 0.3 is 6.03 Å². The number of benzene rings is 1. The fourth-order valence-corrected chi connectivity index (χ4v) is 3.12. The Morgan fingerprint density at radius 2 is 2.28 bits per heavy atom. The number of ether oxygens (including phenoxy) is 1. The molecular formula is C18H24N4O3. The Labute approximate surface area is 147 Å². The number of amides is 2. The number of urea groups is 1. The van der Waals surface area contributed by atoms with Gasteiger partial charge in [0.15, 0.2) is 5.82 Å². The summed E-state index contributed by atoms with van der Waals surface area (Å²) in [5.41, 5.74) is 1.89. The quantitative estimate of drug-likeness (QED) is 0.915. The number of rotatable bonds is 4. The lowest BCUT2D eigenvalue weighted by atomic mass is 10.1. The Balaban J connectivity index is 1.78. The van der Waals surface area contributed by atoms with Gasteiger partial charge in [0, 0.05) is 19.3 Å². The molecule has 1 saturated heterocycles. The average Bonchev–Trinajstić information content (AvgIpc) is 2.90. The number of aryl methyl sites for hydroxylation is 1. The van der Waals surface area contributed by atoms with Gasteiger partial charge in [0.25, 0.3) is 0 Å². The first-order valence-electron chi connectivity index (χ1n) is 8.63.